The number of alkyl carbamates (subject to hydrolysis) is 1. The molecule has 0 unspecified atom stereocenters. The maximum Gasteiger partial charge on any atom is 0.407 e. The Morgan fingerprint density at radius 1 is 0.927 bits per heavy atom. The van der Waals surface area contributed by atoms with Gasteiger partial charge in [-0.25, -0.2) is 9.59 Å². The summed E-state index contributed by atoms with van der Waals surface area (Å²) in [4.78, 5) is 38.1. The Bertz CT molecular complexity index is 1410. The van der Waals surface area contributed by atoms with Crippen molar-refractivity contribution >= 4 is 18.0 Å². The number of carboxylic acids is 1. The minimum absolute atomic E-state index is 0.0266. The highest BCUT2D eigenvalue weighted by molar-refractivity contribution is 5.90. The smallest absolute Gasteiger partial charge is 0.407 e. The normalized spacial score (nSPS) is 23.4. The molecule has 0 radical (unpaired) electrons. The Labute approximate surface area is 239 Å². The molecule has 3 N–H and O–H groups in total. The first kappa shape index (κ1) is 27.0. The van der Waals surface area contributed by atoms with Crippen LogP contribution in [0.5, 0.6) is 0 Å². The van der Waals surface area contributed by atoms with Crippen molar-refractivity contribution in [2.75, 3.05) is 6.61 Å². The molecule has 212 valence electrons. The lowest BCUT2D eigenvalue weighted by molar-refractivity contribution is -0.147. The van der Waals surface area contributed by atoms with Gasteiger partial charge in [-0.3, -0.25) is 4.79 Å². The lowest BCUT2D eigenvalue weighted by atomic mass is 9.98. The highest BCUT2D eigenvalue weighted by atomic mass is 16.5. The van der Waals surface area contributed by atoms with E-state index in [2.05, 4.69) is 34.9 Å². The van der Waals surface area contributed by atoms with Gasteiger partial charge in [0, 0.05) is 12.0 Å². The number of fused-ring (bicyclic) bond motifs is 4. The van der Waals surface area contributed by atoms with Gasteiger partial charge < -0.3 is 25.2 Å². The predicted molar refractivity (Wildman–Crippen MR) is 152 cm³/mol. The minimum Gasteiger partial charge on any atom is -0.480 e. The molecule has 3 aliphatic rings. The van der Waals surface area contributed by atoms with Crippen LogP contribution in [0.4, 0.5) is 4.79 Å². The highest BCUT2D eigenvalue weighted by Gasteiger charge is 2.65. The molecule has 0 saturated heterocycles. The zero-order chi connectivity index (χ0) is 28.6. The average molecular weight is 555 g/mol. The molecule has 2 saturated carbocycles. The number of aliphatic carboxylic acids is 1. The SMILES string of the molecule is C[C@@H](OCc1ccccc1)[C@H](NC(=O)[C@]12C[C@H](NC(=O)OCC3c4ccccc4-c4ccccc43)C[C@H]1C2)C(=O)O. The number of rotatable bonds is 10. The minimum atomic E-state index is -1.17. The van der Waals surface area contributed by atoms with E-state index < -0.39 is 29.6 Å². The van der Waals surface area contributed by atoms with Gasteiger partial charge in [0.1, 0.15) is 6.61 Å². The average Bonchev–Trinajstić information content (AvgIpc) is 3.41. The van der Waals surface area contributed by atoms with Crippen LogP contribution in [0.15, 0.2) is 78.9 Å². The Hall–Kier alpha value is -4.17. The highest BCUT2D eigenvalue weighted by Crippen LogP contribution is 2.63. The molecule has 0 aromatic heterocycles. The predicted octanol–water partition coefficient (Wildman–Crippen LogP) is 4.87. The summed E-state index contributed by atoms with van der Waals surface area (Å²) in [5.74, 6) is -1.35. The molecular weight excluding hydrogens is 520 g/mol. The molecule has 3 aromatic rings. The summed E-state index contributed by atoms with van der Waals surface area (Å²) in [6.45, 7) is 2.13. The second kappa shape index (κ2) is 11.0. The third-order valence-corrected chi connectivity index (χ3v) is 8.91. The summed E-state index contributed by atoms with van der Waals surface area (Å²) >= 11 is 0. The van der Waals surface area contributed by atoms with Crippen LogP contribution in [0, 0.1) is 11.3 Å². The van der Waals surface area contributed by atoms with Crippen molar-refractivity contribution < 1.29 is 29.0 Å². The van der Waals surface area contributed by atoms with E-state index in [9.17, 15) is 19.5 Å². The first-order valence-electron chi connectivity index (χ1n) is 14.2. The molecule has 2 fully saturated rings. The zero-order valence-corrected chi connectivity index (χ0v) is 22.9. The van der Waals surface area contributed by atoms with E-state index in [1.54, 1.807) is 6.92 Å². The molecule has 0 aliphatic heterocycles. The number of carboxylic acid groups (broad SMARTS) is 1. The van der Waals surface area contributed by atoms with Crippen LogP contribution in [0.3, 0.4) is 0 Å². The summed E-state index contributed by atoms with van der Waals surface area (Å²) in [6.07, 6.45) is 0.587. The van der Waals surface area contributed by atoms with Gasteiger partial charge in [-0.15, -0.1) is 0 Å². The van der Waals surface area contributed by atoms with E-state index in [0.717, 1.165) is 16.7 Å². The van der Waals surface area contributed by atoms with Gasteiger partial charge in [0.15, 0.2) is 6.04 Å². The third kappa shape index (κ3) is 5.32. The maximum absolute atomic E-state index is 13.3. The van der Waals surface area contributed by atoms with Crippen molar-refractivity contribution in [3.63, 3.8) is 0 Å². The van der Waals surface area contributed by atoms with E-state index >= 15 is 0 Å². The van der Waals surface area contributed by atoms with E-state index in [-0.39, 0.29) is 37.0 Å². The summed E-state index contributed by atoms with van der Waals surface area (Å²) in [5.41, 5.74) is 4.89. The van der Waals surface area contributed by atoms with Crippen LogP contribution >= 0.6 is 0 Å². The Balaban J connectivity index is 1.02. The van der Waals surface area contributed by atoms with E-state index in [1.807, 2.05) is 54.6 Å². The van der Waals surface area contributed by atoms with Gasteiger partial charge in [-0.05, 0) is 59.9 Å². The van der Waals surface area contributed by atoms with Crippen molar-refractivity contribution in [1.82, 2.24) is 10.6 Å². The molecule has 3 aliphatic carbocycles. The van der Waals surface area contributed by atoms with Gasteiger partial charge in [-0.2, -0.15) is 0 Å². The summed E-state index contributed by atoms with van der Waals surface area (Å²) < 4.78 is 11.5. The molecule has 8 nitrogen and oxygen atoms in total. The number of ether oxygens (including phenoxy) is 2. The Morgan fingerprint density at radius 2 is 1.56 bits per heavy atom. The molecule has 0 bridgehead atoms. The number of amides is 2. The monoisotopic (exact) mass is 554 g/mol. The van der Waals surface area contributed by atoms with Crippen LogP contribution in [0.2, 0.25) is 0 Å². The van der Waals surface area contributed by atoms with Crippen LogP contribution in [-0.4, -0.2) is 47.9 Å². The van der Waals surface area contributed by atoms with Gasteiger partial charge in [-0.1, -0.05) is 78.9 Å². The van der Waals surface area contributed by atoms with Crippen molar-refractivity contribution in [2.45, 2.75) is 56.9 Å². The van der Waals surface area contributed by atoms with Crippen LogP contribution in [-0.2, 0) is 25.7 Å². The van der Waals surface area contributed by atoms with Gasteiger partial charge >= 0.3 is 12.1 Å². The second-order valence-corrected chi connectivity index (χ2v) is 11.5. The van der Waals surface area contributed by atoms with Crippen LogP contribution in [0.25, 0.3) is 11.1 Å². The number of carbonyl (C=O) groups is 3. The second-order valence-electron chi connectivity index (χ2n) is 11.5. The molecule has 0 heterocycles. The molecule has 3 aromatic carbocycles. The number of carbonyl (C=O) groups excluding carboxylic acids is 2. The largest absolute Gasteiger partial charge is 0.480 e. The fraction of sp³-hybridized carbons (Fsp3) is 0.364. The van der Waals surface area contributed by atoms with Crippen LogP contribution < -0.4 is 10.6 Å². The lowest BCUT2D eigenvalue weighted by Crippen LogP contribution is -2.51. The first-order valence-corrected chi connectivity index (χ1v) is 14.2. The number of hydrogen-bond donors (Lipinski definition) is 3. The number of nitrogens with one attached hydrogen (secondary N) is 2. The van der Waals surface area contributed by atoms with Gasteiger partial charge in [0.05, 0.1) is 18.1 Å². The quantitative estimate of drug-likeness (QED) is 0.330. The number of hydrogen-bond acceptors (Lipinski definition) is 5. The molecule has 41 heavy (non-hydrogen) atoms. The van der Waals surface area contributed by atoms with E-state index in [1.165, 1.54) is 11.1 Å². The molecule has 5 atom stereocenters. The van der Waals surface area contributed by atoms with E-state index in [4.69, 9.17) is 9.47 Å². The Morgan fingerprint density at radius 3 is 2.22 bits per heavy atom. The van der Waals surface area contributed by atoms with Gasteiger partial charge in [0.2, 0.25) is 5.91 Å². The molecule has 2 amide bonds. The first-order chi connectivity index (χ1) is 19.9. The zero-order valence-electron chi connectivity index (χ0n) is 22.9. The standard InChI is InChI=1S/C33H34N2O6/c1-20(40-18-21-9-3-2-4-10-21)29(30(36)37)35-31(38)33-16-22(33)15-23(17-33)34-32(39)41-19-28-26-13-7-5-11-24(26)25-12-6-8-14-27(25)28/h2-14,20,22-23,28-29H,15-19H2,1H3,(H,34,39)(H,35,38)(H,36,37)/t20-,22+,23-,29+,33-/m1/s1. The molecule has 8 heteroatoms. The molecular formula is C33H34N2O6. The van der Waals surface area contributed by atoms with Crippen molar-refractivity contribution in [1.29, 1.82) is 0 Å². The Kier molecular flexibility index (Phi) is 7.26. The third-order valence-electron chi connectivity index (χ3n) is 8.91. The molecule has 6 rings (SSSR count). The fourth-order valence-electron chi connectivity index (χ4n) is 6.66. The van der Waals surface area contributed by atoms with E-state index in [0.29, 0.717) is 19.3 Å². The van der Waals surface area contributed by atoms with Crippen molar-refractivity contribution in [2.24, 2.45) is 11.3 Å². The molecule has 0 spiro atoms. The topological polar surface area (TPSA) is 114 Å². The van der Waals surface area contributed by atoms with Crippen molar-refractivity contribution in [3.05, 3.63) is 95.6 Å². The van der Waals surface area contributed by atoms with Crippen LogP contribution in [0.1, 0.15) is 48.8 Å². The van der Waals surface area contributed by atoms with Crippen molar-refractivity contribution in [3.8, 4) is 11.1 Å². The number of benzene rings is 3. The maximum atomic E-state index is 13.3. The summed E-state index contributed by atoms with van der Waals surface area (Å²) in [5, 5.41) is 15.5. The fourth-order valence-corrected chi connectivity index (χ4v) is 6.66. The van der Waals surface area contributed by atoms with Gasteiger partial charge in [0.25, 0.3) is 0 Å². The lowest BCUT2D eigenvalue weighted by Gasteiger charge is -2.25. The summed E-state index contributed by atoms with van der Waals surface area (Å²) in [7, 11) is 0. The summed E-state index contributed by atoms with van der Waals surface area (Å²) in [6, 6.07) is 24.5.